The van der Waals surface area contributed by atoms with Crippen molar-refractivity contribution < 1.29 is 9.18 Å². The summed E-state index contributed by atoms with van der Waals surface area (Å²) in [6, 6.07) is 4.33. The second-order valence-corrected chi connectivity index (χ2v) is 4.62. The van der Waals surface area contributed by atoms with Crippen molar-refractivity contribution in [2.45, 2.75) is 12.8 Å². The lowest BCUT2D eigenvalue weighted by atomic mass is 9.82. The molecule has 0 spiro atoms. The third-order valence-corrected chi connectivity index (χ3v) is 3.41. The molecular formula is C16H13FO. The summed E-state index contributed by atoms with van der Waals surface area (Å²) in [5.41, 5.74) is 2.35. The topological polar surface area (TPSA) is 17.1 Å². The highest BCUT2D eigenvalue weighted by Crippen LogP contribution is 2.30. The minimum absolute atomic E-state index is 0.0605. The molecule has 0 aliphatic heterocycles. The van der Waals surface area contributed by atoms with Crippen LogP contribution in [0.5, 0.6) is 0 Å². The van der Waals surface area contributed by atoms with Gasteiger partial charge in [-0.1, -0.05) is 30.4 Å². The first-order valence-corrected chi connectivity index (χ1v) is 6.14. The molecule has 0 radical (unpaired) electrons. The predicted molar refractivity (Wildman–Crippen MR) is 69.7 cm³/mol. The van der Waals surface area contributed by atoms with Crippen LogP contribution in [-0.2, 0) is 0 Å². The van der Waals surface area contributed by atoms with Gasteiger partial charge in [0.25, 0.3) is 0 Å². The molecule has 0 aromatic heterocycles. The van der Waals surface area contributed by atoms with Gasteiger partial charge in [0, 0.05) is 5.56 Å². The Morgan fingerprint density at radius 3 is 2.83 bits per heavy atom. The molecule has 0 N–H and O–H groups in total. The van der Waals surface area contributed by atoms with Crippen molar-refractivity contribution in [3.05, 3.63) is 65.0 Å². The number of hydrogen-bond donors (Lipinski definition) is 0. The number of ketones is 1. The number of fused-ring (bicyclic) bond motifs is 1. The van der Waals surface area contributed by atoms with Gasteiger partial charge in [0.1, 0.15) is 5.82 Å². The maximum absolute atomic E-state index is 13.1. The zero-order chi connectivity index (χ0) is 12.5. The van der Waals surface area contributed by atoms with Crippen LogP contribution in [0.2, 0.25) is 0 Å². The van der Waals surface area contributed by atoms with Crippen LogP contribution in [0.3, 0.4) is 0 Å². The van der Waals surface area contributed by atoms with E-state index in [9.17, 15) is 9.18 Å². The Morgan fingerprint density at radius 2 is 2.06 bits per heavy atom. The summed E-state index contributed by atoms with van der Waals surface area (Å²) in [7, 11) is 0. The van der Waals surface area contributed by atoms with Crippen LogP contribution in [0, 0.1) is 11.7 Å². The minimum Gasteiger partial charge on any atom is -0.293 e. The van der Waals surface area contributed by atoms with Gasteiger partial charge < -0.3 is 0 Å². The normalized spacial score (nSPS) is 21.7. The second-order valence-electron chi connectivity index (χ2n) is 4.62. The van der Waals surface area contributed by atoms with Crippen molar-refractivity contribution in [1.82, 2.24) is 0 Å². The van der Waals surface area contributed by atoms with Crippen LogP contribution >= 0.6 is 0 Å². The van der Waals surface area contributed by atoms with Gasteiger partial charge in [-0.3, -0.25) is 4.79 Å². The second kappa shape index (κ2) is 4.37. The molecule has 3 rings (SSSR count). The van der Waals surface area contributed by atoms with E-state index in [1.807, 2.05) is 18.2 Å². The lowest BCUT2D eigenvalue weighted by molar-refractivity contribution is 0.0960. The maximum atomic E-state index is 13.1. The lowest BCUT2D eigenvalue weighted by Gasteiger charge is -2.20. The fourth-order valence-corrected chi connectivity index (χ4v) is 2.48. The molecule has 0 fully saturated rings. The first kappa shape index (κ1) is 11.1. The van der Waals surface area contributed by atoms with Gasteiger partial charge in [0.15, 0.2) is 5.78 Å². The number of benzene rings is 1. The van der Waals surface area contributed by atoms with E-state index in [0.29, 0.717) is 11.1 Å². The fraction of sp³-hybridized carbons (Fsp3) is 0.188. The smallest absolute Gasteiger partial charge is 0.174 e. The molecule has 1 atom stereocenters. The summed E-state index contributed by atoms with van der Waals surface area (Å²) < 4.78 is 13.1. The van der Waals surface area contributed by atoms with Crippen LogP contribution in [-0.4, -0.2) is 5.78 Å². The number of allylic oxidation sites excluding steroid dienone is 5. The molecule has 90 valence electrons. The first-order chi connectivity index (χ1) is 8.75. The fourth-order valence-electron chi connectivity index (χ4n) is 2.48. The number of rotatable bonds is 1. The molecule has 0 bridgehead atoms. The van der Waals surface area contributed by atoms with Gasteiger partial charge >= 0.3 is 0 Å². The molecule has 0 heterocycles. The van der Waals surface area contributed by atoms with Gasteiger partial charge in [-0.05, 0) is 42.2 Å². The number of carbonyl (C=O) groups excluding carboxylic acids is 1. The Balaban J connectivity index is 2.00. The van der Waals surface area contributed by atoms with Gasteiger partial charge in [-0.15, -0.1) is 0 Å². The minimum atomic E-state index is -0.304. The van der Waals surface area contributed by atoms with E-state index >= 15 is 0 Å². The van der Waals surface area contributed by atoms with E-state index in [1.165, 1.54) is 12.1 Å². The molecular weight excluding hydrogens is 227 g/mol. The van der Waals surface area contributed by atoms with Crippen LogP contribution in [0.15, 0.2) is 48.1 Å². The van der Waals surface area contributed by atoms with Crippen LogP contribution < -0.4 is 0 Å². The molecule has 1 nitrogen and oxygen atoms in total. The SMILES string of the molecule is O=C1c2ccc(F)cc2C=CC1C1=CCCC=C1. The van der Waals surface area contributed by atoms with Crippen LogP contribution in [0.1, 0.15) is 28.8 Å². The van der Waals surface area contributed by atoms with E-state index in [-0.39, 0.29) is 17.5 Å². The van der Waals surface area contributed by atoms with Crippen molar-refractivity contribution in [1.29, 1.82) is 0 Å². The summed E-state index contributed by atoms with van der Waals surface area (Å²) in [6.07, 6.45) is 12.0. The van der Waals surface area contributed by atoms with E-state index in [2.05, 4.69) is 12.2 Å². The zero-order valence-electron chi connectivity index (χ0n) is 9.90. The molecule has 1 aromatic carbocycles. The van der Waals surface area contributed by atoms with E-state index in [1.54, 1.807) is 6.07 Å². The number of carbonyl (C=O) groups is 1. The third kappa shape index (κ3) is 1.84. The van der Waals surface area contributed by atoms with Crippen LogP contribution in [0.25, 0.3) is 6.08 Å². The first-order valence-electron chi connectivity index (χ1n) is 6.14. The lowest BCUT2D eigenvalue weighted by Crippen LogP contribution is -2.19. The summed E-state index contributed by atoms with van der Waals surface area (Å²) in [6.45, 7) is 0. The average Bonchev–Trinajstić information content (AvgIpc) is 2.40. The highest BCUT2D eigenvalue weighted by atomic mass is 19.1. The van der Waals surface area contributed by atoms with E-state index in [0.717, 1.165) is 18.4 Å². The Morgan fingerprint density at radius 1 is 1.17 bits per heavy atom. The summed E-state index contributed by atoms with van der Waals surface area (Å²) in [4.78, 5) is 12.4. The van der Waals surface area contributed by atoms with Crippen LogP contribution in [0.4, 0.5) is 4.39 Å². The zero-order valence-corrected chi connectivity index (χ0v) is 9.90. The van der Waals surface area contributed by atoms with Crippen molar-refractivity contribution in [3.63, 3.8) is 0 Å². The number of Topliss-reactive ketones (excluding diaryl/α,β-unsaturated/α-hetero) is 1. The molecule has 18 heavy (non-hydrogen) atoms. The molecule has 2 aliphatic rings. The Kier molecular flexibility index (Phi) is 2.71. The Hall–Kier alpha value is -1.96. The molecule has 1 aromatic rings. The number of halogens is 1. The summed E-state index contributed by atoms with van der Waals surface area (Å²) >= 11 is 0. The van der Waals surface area contributed by atoms with Crippen molar-refractivity contribution in [2.24, 2.45) is 5.92 Å². The molecule has 1 unspecified atom stereocenters. The van der Waals surface area contributed by atoms with Crippen molar-refractivity contribution in [2.75, 3.05) is 0 Å². The Bertz CT molecular complexity index is 593. The Labute approximate surface area is 105 Å². The predicted octanol–water partition coefficient (Wildman–Crippen LogP) is 3.93. The third-order valence-electron chi connectivity index (χ3n) is 3.41. The average molecular weight is 240 g/mol. The molecule has 2 aliphatic carbocycles. The standard InChI is InChI=1S/C16H13FO/c17-13-7-9-15-12(10-13)6-8-14(16(15)18)11-4-2-1-3-5-11/h2,4-10,14H,1,3H2. The highest BCUT2D eigenvalue weighted by Gasteiger charge is 2.25. The largest absolute Gasteiger partial charge is 0.293 e. The van der Waals surface area contributed by atoms with Gasteiger partial charge in [-0.25, -0.2) is 4.39 Å². The van der Waals surface area contributed by atoms with Gasteiger partial charge in [0.2, 0.25) is 0 Å². The van der Waals surface area contributed by atoms with Crippen molar-refractivity contribution >= 4 is 11.9 Å². The van der Waals surface area contributed by atoms with Gasteiger partial charge in [0.05, 0.1) is 5.92 Å². The number of hydrogen-bond acceptors (Lipinski definition) is 1. The monoisotopic (exact) mass is 240 g/mol. The molecule has 0 saturated carbocycles. The maximum Gasteiger partial charge on any atom is 0.174 e. The molecule has 0 amide bonds. The van der Waals surface area contributed by atoms with Gasteiger partial charge in [-0.2, -0.15) is 0 Å². The van der Waals surface area contributed by atoms with E-state index < -0.39 is 0 Å². The molecule has 2 heteroatoms. The summed E-state index contributed by atoms with van der Waals surface area (Å²) in [5, 5.41) is 0. The molecule has 0 saturated heterocycles. The van der Waals surface area contributed by atoms with Crippen molar-refractivity contribution in [3.8, 4) is 0 Å². The highest BCUT2D eigenvalue weighted by molar-refractivity contribution is 6.06. The summed E-state index contributed by atoms with van der Waals surface area (Å²) in [5.74, 6) is -0.453. The van der Waals surface area contributed by atoms with E-state index in [4.69, 9.17) is 0 Å². The quantitative estimate of drug-likeness (QED) is 0.727.